The molecule has 0 N–H and O–H groups in total. The third-order valence-electron chi connectivity index (χ3n) is 3.94. The summed E-state index contributed by atoms with van der Waals surface area (Å²) < 4.78 is 12.5. The van der Waals surface area contributed by atoms with Crippen LogP contribution in [-0.2, 0) is 9.47 Å². The second-order valence-corrected chi connectivity index (χ2v) is 6.45. The molecule has 108 valence electrons. The second-order valence-electron chi connectivity index (χ2n) is 5.37. The van der Waals surface area contributed by atoms with E-state index in [4.69, 9.17) is 9.47 Å². The number of piperidine rings is 1. The molecule has 2 saturated heterocycles. The lowest BCUT2D eigenvalue weighted by Crippen LogP contribution is -2.51. The number of likely N-dealkylation sites (tertiary alicyclic amines) is 1. The lowest BCUT2D eigenvalue weighted by Gasteiger charge is -2.38. The van der Waals surface area contributed by atoms with Crippen molar-refractivity contribution in [3.8, 4) is 0 Å². The molecule has 0 radical (unpaired) electrons. The normalized spacial score (nSPS) is 21.4. The first-order valence-electron chi connectivity index (χ1n) is 6.94. The van der Waals surface area contributed by atoms with E-state index in [-0.39, 0.29) is 5.91 Å². The Balaban J connectivity index is 1.81. The number of carbonyl (C=O) groups excluding carboxylic acids is 1. The van der Waals surface area contributed by atoms with E-state index in [9.17, 15) is 4.79 Å². The number of nitrogens with zero attached hydrogens (tertiary/aromatic N) is 1. The van der Waals surface area contributed by atoms with Crippen LogP contribution >= 0.6 is 22.6 Å². The van der Waals surface area contributed by atoms with Crippen molar-refractivity contribution in [1.29, 1.82) is 0 Å². The van der Waals surface area contributed by atoms with Crippen LogP contribution in [0.4, 0.5) is 0 Å². The van der Waals surface area contributed by atoms with E-state index in [0.717, 1.165) is 34.1 Å². The van der Waals surface area contributed by atoms with Crippen molar-refractivity contribution >= 4 is 28.5 Å². The van der Waals surface area contributed by atoms with Gasteiger partial charge in [-0.25, -0.2) is 0 Å². The summed E-state index contributed by atoms with van der Waals surface area (Å²) in [5, 5.41) is 0. The summed E-state index contributed by atoms with van der Waals surface area (Å²) in [5.74, 6) is -0.473. The van der Waals surface area contributed by atoms with Gasteiger partial charge in [0, 0.05) is 16.5 Å². The molecule has 2 aliphatic heterocycles. The summed E-state index contributed by atoms with van der Waals surface area (Å²) >= 11 is 2.25. The zero-order chi connectivity index (χ0) is 14.2. The molecule has 0 atom stereocenters. The van der Waals surface area contributed by atoms with Crippen LogP contribution < -0.4 is 0 Å². The van der Waals surface area contributed by atoms with Gasteiger partial charge in [0.05, 0.1) is 25.3 Å². The summed E-state index contributed by atoms with van der Waals surface area (Å²) in [7, 11) is 0. The average molecular weight is 387 g/mol. The van der Waals surface area contributed by atoms with Crippen molar-refractivity contribution in [1.82, 2.24) is 4.90 Å². The zero-order valence-corrected chi connectivity index (χ0v) is 13.7. The predicted molar refractivity (Wildman–Crippen MR) is 83.7 cm³/mol. The highest BCUT2D eigenvalue weighted by Gasteiger charge is 2.42. The molecule has 1 spiro atoms. The summed E-state index contributed by atoms with van der Waals surface area (Å²) in [5.41, 5.74) is 1.91. The highest BCUT2D eigenvalue weighted by atomic mass is 127. The number of benzene rings is 1. The van der Waals surface area contributed by atoms with Crippen LogP contribution in [0.2, 0.25) is 0 Å². The minimum absolute atomic E-state index is 0.0799. The van der Waals surface area contributed by atoms with E-state index in [0.29, 0.717) is 19.8 Å². The van der Waals surface area contributed by atoms with Gasteiger partial charge in [-0.15, -0.1) is 0 Å². The van der Waals surface area contributed by atoms with Gasteiger partial charge in [-0.1, -0.05) is 12.1 Å². The number of halogens is 1. The standard InChI is InChI=1S/C15H18INO3/c1-11-4-2-5-12(13(11)16)14(18)17-7-3-6-15(10-17)19-8-9-20-15/h2,4-5H,3,6-10H2,1H3. The fourth-order valence-corrected chi connectivity index (χ4v) is 3.47. The summed E-state index contributed by atoms with van der Waals surface area (Å²) in [4.78, 5) is 14.6. The van der Waals surface area contributed by atoms with E-state index < -0.39 is 5.79 Å². The molecule has 2 fully saturated rings. The fourth-order valence-electron chi connectivity index (χ4n) is 2.88. The highest BCUT2D eigenvalue weighted by Crippen LogP contribution is 2.31. The monoisotopic (exact) mass is 387 g/mol. The van der Waals surface area contributed by atoms with Crippen molar-refractivity contribution in [2.75, 3.05) is 26.3 Å². The maximum atomic E-state index is 12.7. The van der Waals surface area contributed by atoms with Gasteiger partial charge in [-0.3, -0.25) is 4.79 Å². The lowest BCUT2D eigenvalue weighted by atomic mass is 10.0. The van der Waals surface area contributed by atoms with Crippen LogP contribution in [0.5, 0.6) is 0 Å². The largest absolute Gasteiger partial charge is 0.346 e. The van der Waals surface area contributed by atoms with Gasteiger partial charge >= 0.3 is 0 Å². The average Bonchev–Trinajstić information content (AvgIpc) is 2.89. The molecule has 0 aliphatic carbocycles. The number of carbonyl (C=O) groups is 1. The number of ether oxygens (including phenoxy) is 2. The fraction of sp³-hybridized carbons (Fsp3) is 0.533. The van der Waals surface area contributed by atoms with Crippen molar-refractivity contribution < 1.29 is 14.3 Å². The Bertz CT molecular complexity index is 526. The Morgan fingerprint density at radius 3 is 2.85 bits per heavy atom. The molecular formula is C15H18INO3. The molecule has 2 aliphatic rings. The molecule has 0 aromatic heterocycles. The number of rotatable bonds is 1. The summed E-state index contributed by atoms with van der Waals surface area (Å²) in [6.07, 6.45) is 1.80. The quantitative estimate of drug-likeness (QED) is 0.696. The molecule has 0 bridgehead atoms. The third-order valence-corrected chi connectivity index (χ3v) is 5.37. The topological polar surface area (TPSA) is 38.8 Å². The van der Waals surface area contributed by atoms with Crippen LogP contribution in [0.1, 0.15) is 28.8 Å². The number of amides is 1. The first-order valence-corrected chi connectivity index (χ1v) is 8.01. The molecular weight excluding hydrogens is 369 g/mol. The van der Waals surface area contributed by atoms with E-state index in [1.54, 1.807) is 0 Å². The Morgan fingerprint density at radius 2 is 2.10 bits per heavy atom. The minimum atomic E-state index is -0.552. The van der Waals surface area contributed by atoms with Crippen LogP contribution in [0.3, 0.4) is 0 Å². The van der Waals surface area contributed by atoms with Crippen molar-refractivity contribution in [3.63, 3.8) is 0 Å². The number of aryl methyl sites for hydroxylation is 1. The van der Waals surface area contributed by atoms with Gasteiger partial charge in [0.15, 0.2) is 5.79 Å². The van der Waals surface area contributed by atoms with Gasteiger partial charge in [0.1, 0.15) is 0 Å². The highest BCUT2D eigenvalue weighted by molar-refractivity contribution is 14.1. The molecule has 3 rings (SSSR count). The second kappa shape index (κ2) is 5.61. The van der Waals surface area contributed by atoms with E-state index in [1.165, 1.54) is 0 Å². The maximum absolute atomic E-state index is 12.7. The molecule has 1 amide bonds. The number of hydrogen-bond acceptors (Lipinski definition) is 3. The van der Waals surface area contributed by atoms with Crippen LogP contribution in [0, 0.1) is 10.5 Å². The van der Waals surface area contributed by atoms with E-state index >= 15 is 0 Å². The van der Waals surface area contributed by atoms with Crippen molar-refractivity contribution in [2.24, 2.45) is 0 Å². The van der Waals surface area contributed by atoms with Gasteiger partial charge in [0.2, 0.25) is 0 Å². The zero-order valence-electron chi connectivity index (χ0n) is 11.5. The van der Waals surface area contributed by atoms with E-state index in [2.05, 4.69) is 22.6 Å². The lowest BCUT2D eigenvalue weighted by molar-refractivity contribution is -0.183. The molecule has 5 heteroatoms. The van der Waals surface area contributed by atoms with Crippen LogP contribution in [-0.4, -0.2) is 42.9 Å². The smallest absolute Gasteiger partial charge is 0.255 e. The molecule has 0 unspecified atom stereocenters. The Morgan fingerprint density at radius 1 is 1.35 bits per heavy atom. The minimum Gasteiger partial charge on any atom is -0.346 e. The first kappa shape index (κ1) is 14.3. The van der Waals surface area contributed by atoms with Gasteiger partial charge in [-0.2, -0.15) is 0 Å². The Hall–Kier alpha value is -0.660. The van der Waals surface area contributed by atoms with E-state index in [1.807, 2.05) is 30.0 Å². The van der Waals surface area contributed by atoms with Gasteiger partial charge in [-0.05, 0) is 47.6 Å². The summed E-state index contributed by atoms with van der Waals surface area (Å²) in [6.45, 7) is 4.60. The first-order chi connectivity index (χ1) is 9.61. The molecule has 4 nitrogen and oxygen atoms in total. The summed E-state index contributed by atoms with van der Waals surface area (Å²) in [6, 6.07) is 5.86. The Labute approximate surface area is 132 Å². The Kier molecular flexibility index (Phi) is 4.01. The van der Waals surface area contributed by atoms with Crippen LogP contribution in [0.25, 0.3) is 0 Å². The SMILES string of the molecule is Cc1cccc(C(=O)N2CCCC3(C2)OCCO3)c1I. The number of hydrogen-bond donors (Lipinski definition) is 0. The molecule has 2 heterocycles. The molecule has 0 saturated carbocycles. The van der Waals surface area contributed by atoms with Gasteiger partial charge < -0.3 is 14.4 Å². The van der Waals surface area contributed by atoms with Crippen molar-refractivity contribution in [2.45, 2.75) is 25.6 Å². The predicted octanol–water partition coefficient (Wildman–Crippen LogP) is 2.58. The van der Waals surface area contributed by atoms with Crippen LogP contribution in [0.15, 0.2) is 18.2 Å². The van der Waals surface area contributed by atoms with Crippen molar-refractivity contribution in [3.05, 3.63) is 32.9 Å². The molecule has 1 aromatic carbocycles. The molecule has 1 aromatic rings. The maximum Gasteiger partial charge on any atom is 0.255 e. The van der Waals surface area contributed by atoms with Gasteiger partial charge in [0.25, 0.3) is 5.91 Å². The third kappa shape index (κ3) is 2.58. The molecule has 20 heavy (non-hydrogen) atoms.